The lowest BCUT2D eigenvalue weighted by atomic mass is 9.90. The molecule has 0 aromatic heterocycles. The predicted molar refractivity (Wildman–Crippen MR) is 120 cm³/mol. The van der Waals surface area contributed by atoms with Gasteiger partial charge in [-0.1, -0.05) is 0 Å². The summed E-state index contributed by atoms with van der Waals surface area (Å²) in [5.74, 6) is -112. The van der Waals surface area contributed by atoms with Crippen LogP contribution in [-0.4, -0.2) is 95.2 Å². The van der Waals surface area contributed by atoms with Crippen molar-refractivity contribution in [3.8, 4) is 0 Å². The first-order valence-corrected chi connectivity index (χ1v) is 12.6. The number of halogens is 30. The van der Waals surface area contributed by atoms with Gasteiger partial charge in [0.05, 0.1) is 11.4 Å². The summed E-state index contributed by atoms with van der Waals surface area (Å²) in [5, 5.41) is -0.0530. The van der Waals surface area contributed by atoms with E-state index in [4.69, 9.17) is 5.73 Å². The first kappa shape index (κ1) is 50.9. The minimum atomic E-state index is -8.98. The Hall–Kier alpha value is -4.14. The van der Waals surface area contributed by atoms with Crippen LogP contribution in [0.1, 0.15) is 0 Å². The number of hydrogen-bond donors (Lipinski definition) is 3. The molecule has 332 valence electrons. The number of carbonyl (C=O) groups is 2. The standard InChI is InChI=1S/C22H7F30N3O2/c23-9(24,11(27,28)13(31,32)15(35,36)17(39,40)19(43,44)21(47,48)49)7(56)54-5-2-1-4(53)3-6(5)55-8(57)10(25,26)12(29,30)14(33,34)16(37,38)18(41,42)20(45,46)22(50,51)52/h1-3H,53H2,(H,54,56)(H,55,57). The van der Waals surface area contributed by atoms with E-state index in [1.165, 1.54) is 0 Å². The van der Waals surface area contributed by atoms with Crippen molar-refractivity contribution in [2.75, 3.05) is 16.4 Å². The Morgan fingerprint density at radius 1 is 0.351 bits per heavy atom. The molecule has 0 bridgehead atoms. The molecule has 0 heterocycles. The fourth-order valence-corrected chi connectivity index (χ4v) is 3.39. The summed E-state index contributed by atoms with van der Waals surface area (Å²) >= 11 is 0. The molecule has 0 atom stereocenters. The number of anilines is 3. The summed E-state index contributed by atoms with van der Waals surface area (Å²) in [7, 11) is 0. The molecule has 0 spiro atoms. The van der Waals surface area contributed by atoms with Crippen LogP contribution in [0.15, 0.2) is 18.2 Å². The summed E-state index contributed by atoms with van der Waals surface area (Å²) in [6.45, 7) is 0. The second-order valence-electron chi connectivity index (χ2n) is 10.6. The van der Waals surface area contributed by atoms with Gasteiger partial charge in [0.15, 0.2) is 0 Å². The van der Waals surface area contributed by atoms with Gasteiger partial charge in [-0.05, 0) is 18.2 Å². The van der Waals surface area contributed by atoms with E-state index in [1.807, 2.05) is 0 Å². The Balaban J connectivity index is 3.75. The zero-order valence-electron chi connectivity index (χ0n) is 25.0. The van der Waals surface area contributed by atoms with E-state index in [0.29, 0.717) is 0 Å². The Morgan fingerprint density at radius 3 is 0.842 bits per heavy atom. The predicted octanol–water partition coefficient (Wildman–Crippen LogP) is 9.89. The molecule has 0 aliphatic rings. The average Bonchev–Trinajstić information content (AvgIpc) is 2.99. The second kappa shape index (κ2) is 13.5. The van der Waals surface area contributed by atoms with Crippen LogP contribution in [0.25, 0.3) is 0 Å². The smallest absolute Gasteiger partial charge is 0.399 e. The molecular formula is C22H7F30N3O2. The summed E-state index contributed by atoms with van der Waals surface area (Å²) in [6.07, 6.45) is -16.1. The van der Waals surface area contributed by atoms with Gasteiger partial charge >= 0.3 is 95.2 Å². The zero-order valence-corrected chi connectivity index (χ0v) is 25.0. The second-order valence-corrected chi connectivity index (χ2v) is 10.6. The Bertz CT molecular complexity index is 1690. The van der Waals surface area contributed by atoms with Crippen molar-refractivity contribution in [2.45, 2.75) is 83.4 Å². The van der Waals surface area contributed by atoms with E-state index < -0.39 is 124 Å². The highest BCUT2D eigenvalue weighted by molar-refractivity contribution is 6.04. The number of nitrogen functional groups attached to an aromatic ring is 1. The molecule has 1 aromatic carbocycles. The van der Waals surface area contributed by atoms with Gasteiger partial charge in [0.1, 0.15) is 0 Å². The Morgan fingerprint density at radius 2 is 0.579 bits per heavy atom. The monoisotopic (exact) mass is 915 g/mol. The van der Waals surface area contributed by atoms with Crippen molar-refractivity contribution in [3.05, 3.63) is 18.2 Å². The number of carbonyl (C=O) groups excluding carboxylic acids is 2. The lowest BCUT2D eigenvalue weighted by Crippen LogP contribution is -2.73. The lowest BCUT2D eigenvalue weighted by molar-refractivity contribution is -0.449. The van der Waals surface area contributed by atoms with E-state index in [2.05, 4.69) is 0 Å². The van der Waals surface area contributed by atoms with E-state index >= 15 is 0 Å². The minimum absolute atomic E-state index is 0.00551. The number of benzene rings is 1. The van der Waals surface area contributed by atoms with Crippen molar-refractivity contribution in [1.82, 2.24) is 0 Å². The molecule has 57 heavy (non-hydrogen) atoms. The van der Waals surface area contributed by atoms with Crippen LogP contribution in [0.2, 0.25) is 0 Å². The summed E-state index contributed by atoms with van der Waals surface area (Å²) in [5.41, 5.74) is -1.16. The molecule has 0 saturated heterocycles. The quantitative estimate of drug-likeness (QED) is 0.128. The van der Waals surface area contributed by atoms with Crippen LogP contribution in [-0.2, 0) is 9.59 Å². The number of hydrogen-bond acceptors (Lipinski definition) is 3. The summed E-state index contributed by atoms with van der Waals surface area (Å²) in [6, 6.07) is -0.916. The fourth-order valence-electron chi connectivity index (χ4n) is 3.39. The third-order valence-corrected chi connectivity index (χ3v) is 6.77. The van der Waals surface area contributed by atoms with Crippen molar-refractivity contribution < 1.29 is 141 Å². The highest BCUT2D eigenvalue weighted by Crippen LogP contribution is 2.64. The number of alkyl halides is 30. The molecule has 2 amide bonds. The van der Waals surface area contributed by atoms with Gasteiger partial charge in [0, 0.05) is 5.69 Å². The third kappa shape index (κ3) is 6.88. The van der Waals surface area contributed by atoms with Gasteiger partial charge in [-0.15, -0.1) is 0 Å². The van der Waals surface area contributed by atoms with Crippen LogP contribution in [0.5, 0.6) is 0 Å². The SMILES string of the molecule is Nc1ccc(NC(=O)C(F)(F)C(F)(F)C(F)(F)C(F)(F)C(F)(F)C(F)(F)C(F)(F)F)c(NC(=O)C(F)(F)C(F)(F)C(F)(F)C(F)(F)C(F)(F)C(F)(F)C(F)(F)F)c1. The van der Waals surface area contributed by atoms with Crippen molar-refractivity contribution in [3.63, 3.8) is 0 Å². The maximum Gasteiger partial charge on any atom is 0.460 e. The highest BCUT2D eigenvalue weighted by atomic mass is 19.4. The van der Waals surface area contributed by atoms with Crippen LogP contribution in [0.3, 0.4) is 0 Å². The molecule has 1 rings (SSSR count). The molecule has 35 heteroatoms. The zero-order chi connectivity index (χ0) is 46.4. The molecule has 0 aliphatic heterocycles. The van der Waals surface area contributed by atoms with Gasteiger partial charge in [0.25, 0.3) is 0 Å². The van der Waals surface area contributed by atoms with Gasteiger partial charge in [0.2, 0.25) is 0 Å². The van der Waals surface area contributed by atoms with Crippen LogP contribution < -0.4 is 16.4 Å². The van der Waals surface area contributed by atoms with Gasteiger partial charge in [-0.25, -0.2) is 0 Å². The average molecular weight is 915 g/mol. The molecule has 0 saturated carbocycles. The summed E-state index contributed by atoms with van der Waals surface area (Å²) in [4.78, 5) is 23.6. The van der Waals surface area contributed by atoms with E-state index in [1.54, 1.807) is 0 Å². The van der Waals surface area contributed by atoms with Crippen LogP contribution in [0, 0.1) is 0 Å². The van der Waals surface area contributed by atoms with Crippen molar-refractivity contribution in [2.24, 2.45) is 0 Å². The normalized spacial score (nSPS) is 15.8. The van der Waals surface area contributed by atoms with E-state index in [-0.39, 0.29) is 16.7 Å². The summed E-state index contributed by atoms with van der Waals surface area (Å²) < 4.78 is 402. The van der Waals surface area contributed by atoms with E-state index in [9.17, 15) is 141 Å². The number of nitrogens with two attached hydrogens (primary N) is 1. The highest BCUT2D eigenvalue weighted by Gasteiger charge is 2.95. The Kier molecular flexibility index (Phi) is 12.0. The van der Waals surface area contributed by atoms with Crippen LogP contribution in [0.4, 0.5) is 149 Å². The number of nitrogens with one attached hydrogen (secondary N) is 2. The molecule has 5 nitrogen and oxygen atoms in total. The molecule has 0 radical (unpaired) electrons. The molecule has 0 aliphatic carbocycles. The maximum absolute atomic E-state index is 14.3. The fraction of sp³-hybridized carbons (Fsp3) is 0.636. The van der Waals surface area contributed by atoms with Crippen molar-refractivity contribution >= 4 is 28.9 Å². The first-order chi connectivity index (χ1) is 24.4. The maximum atomic E-state index is 14.3. The molecule has 4 N–H and O–H groups in total. The van der Waals surface area contributed by atoms with Gasteiger partial charge < -0.3 is 16.4 Å². The number of amides is 2. The molecule has 0 fully saturated rings. The Labute approximate surface area is 289 Å². The van der Waals surface area contributed by atoms with Crippen LogP contribution >= 0.6 is 0 Å². The molecule has 0 unspecified atom stereocenters. The number of rotatable bonds is 14. The third-order valence-electron chi connectivity index (χ3n) is 6.77. The van der Waals surface area contributed by atoms with E-state index in [0.717, 1.165) is 0 Å². The molecule has 1 aromatic rings. The van der Waals surface area contributed by atoms with Gasteiger partial charge in [-0.2, -0.15) is 132 Å². The van der Waals surface area contributed by atoms with Gasteiger partial charge in [-0.3, -0.25) is 9.59 Å². The molecular weight excluding hydrogens is 908 g/mol. The minimum Gasteiger partial charge on any atom is -0.399 e. The van der Waals surface area contributed by atoms with Crippen molar-refractivity contribution in [1.29, 1.82) is 0 Å². The topological polar surface area (TPSA) is 84.2 Å². The largest absolute Gasteiger partial charge is 0.460 e. The first-order valence-electron chi connectivity index (χ1n) is 12.6. The lowest BCUT2D eigenvalue weighted by Gasteiger charge is -2.41.